The second-order valence-electron chi connectivity index (χ2n) is 7.49. The van der Waals surface area contributed by atoms with Crippen LogP contribution >= 0.6 is 11.8 Å². The maximum absolute atomic E-state index is 12.8. The van der Waals surface area contributed by atoms with Crippen LogP contribution in [0.15, 0.2) is 47.6 Å². The van der Waals surface area contributed by atoms with Gasteiger partial charge in [0, 0.05) is 24.5 Å². The number of ether oxygens (including phenoxy) is 1. The zero-order chi connectivity index (χ0) is 21.8. The monoisotopic (exact) mass is 438 g/mol. The number of rotatable bonds is 6. The summed E-state index contributed by atoms with van der Waals surface area (Å²) in [7, 11) is 0. The molecule has 1 aliphatic rings. The van der Waals surface area contributed by atoms with E-state index in [9.17, 15) is 4.79 Å². The van der Waals surface area contributed by atoms with Crippen LogP contribution in [0.1, 0.15) is 18.1 Å². The van der Waals surface area contributed by atoms with Gasteiger partial charge >= 0.3 is 0 Å². The van der Waals surface area contributed by atoms with Crippen molar-refractivity contribution in [3.05, 3.63) is 53.6 Å². The Balaban J connectivity index is 1.41. The van der Waals surface area contributed by atoms with Crippen LogP contribution in [0.2, 0.25) is 0 Å². The number of nitrogens with zero attached hydrogens (tertiary/aromatic N) is 5. The second kappa shape index (κ2) is 9.49. The molecule has 1 saturated heterocycles. The van der Waals surface area contributed by atoms with Crippen molar-refractivity contribution in [3.63, 3.8) is 0 Å². The Hall–Kier alpha value is -2.91. The molecule has 4 rings (SSSR count). The number of hydrogen-bond acceptors (Lipinski definition) is 7. The van der Waals surface area contributed by atoms with E-state index in [1.54, 1.807) is 4.68 Å². The maximum atomic E-state index is 12.8. The summed E-state index contributed by atoms with van der Waals surface area (Å²) in [6, 6.07) is 13.9. The number of carbonyl (C=O) groups excluding carboxylic acids is 1. The third-order valence-corrected chi connectivity index (χ3v) is 6.44. The van der Waals surface area contributed by atoms with Crippen molar-refractivity contribution in [2.75, 3.05) is 36.5 Å². The van der Waals surface area contributed by atoms with Crippen molar-refractivity contribution in [3.8, 4) is 5.69 Å². The van der Waals surface area contributed by atoms with Gasteiger partial charge in [0.2, 0.25) is 11.1 Å². The highest BCUT2D eigenvalue weighted by atomic mass is 32.2. The summed E-state index contributed by atoms with van der Waals surface area (Å²) in [5, 5.41) is 15.3. The minimum Gasteiger partial charge on any atom is -0.378 e. The summed E-state index contributed by atoms with van der Waals surface area (Å²) in [4.78, 5) is 15.0. The van der Waals surface area contributed by atoms with E-state index in [4.69, 9.17) is 4.74 Å². The molecule has 0 spiro atoms. The van der Waals surface area contributed by atoms with Crippen LogP contribution in [0, 0.1) is 13.8 Å². The molecule has 1 aliphatic heterocycles. The molecule has 0 saturated carbocycles. The normalized spacial score (nSPS) is 15.0. The lowest BCUT2D eigenvalue weighted by Gasteiger charge is -2.28. The molecule has 3 aromatic rings. The van der Waals surface area contributed by atoms with Crippen molar-refractivity contribution < 1.29 is 9.53 Å². The Morgan fingerprint density at radius 3 is 2.61 bits per heavy atom. The number of morpholine rings is 1. The molecule has 1 unspecified atom stereocenters. The number of hydrogen-bond donors (Lipinski definition) is 1. The van der Waals surface area contributed by atoms with Gasteiger partial charge in [-0.15, -0.1) is 5.10 Å². The van der Waals surface area contributed by atoms with E-state index in [0.717, 1.165) is 54.5 Å². The Morgan fingerprint density at radius 2 is 1.87 bits per heavy atom. The summed E-state index contributed by atoms with van der Waals surface area (Å²) in [6.45, 7) is 9.20. The first-order chi connectivity index (χ1) is 15.0. The Kier molecular flexibility index (Phi) is 6.53. The van der Waals surface area contributed by atoms with Gasteiger partial charge in [0.1, 0.15) is 0 Å². The minimum absolute atomic E-state index is 0.0976. The molecule has 31 heavy (non-hydrogen) atoms. The molecule has 1 atom stereocenters. The number of aryl methyl sites for hydroxylation is 1. The van der Waals surface area contributed by atoms with Gasteiger partial charge in [0.25, 0.3) is 0 Å². The van der Waals surface area contributed by atoms with E-state index in [2.05, 4.69) is 38.7 Å². The molecule has 1 amide bonds. The summed E-state index contributed by atoms with van der Waals surface area (Å²) in [5.41, 5.74) is 5.09. The van der Waals surface area contributed by atoms with Gasteiger partial charge in [0.05, 0.1) is 24.2 Å². The number of nitrogens with one attached hydrogen (secondary N) is 1. The summed E-state index contributed by atoms with van der Waals surface area (Å²) in [6.07, 6.45) is 0. The van der Waals surface area contributed by atoms with Crippen LogP contribution < -0.4 is 10.2 Å². The molecule has 0 aliphatic carbocycles. The van der Waals surface area contributed by atoms with Crippen LogP contribution in [-0.4, -0.2) is 57.7 Å². The summed E-state index contributed by atoms with van der Waals surface area (Å²) >= 11 is 1.33. The molecule has 0 bridgehead atoms. The average Bonchev–Trinajstić information content (AvgIpc) is 3.24. The molecule has 0 radical (unpaired) electrons. The topological polar surface area (TPSA) is 85.2 Å². The number of thioether (sulfide) groups is 1. The van der Waals surface area contributed by atoms with Gasteiger partial charge in [-0.3, -0.25) is 4.79 Å². The summed E-state index contributed by atoms with van der Waals surface area (Å²) < 4.78 is 7.09. The molecule has 162 valence electrons. The van der Waals surface area contributed by atoms with Gasteiger partial charge in [-0.1, -0.05) is 23.9 Å². The number of aromatic nitrogens is 4. The van der Waals surface area contributed by atoms with Gasteiger partial charge in [-0.25, -0.2) is 0 Å². The van der Waals surface area contributed by atoms with E-state index < -0.39 is 0 Å². The van der Waals surface area contributed by atoms with Crippen molar-refractivity contribution in [1.29, 1.82) is 0 Å². The fraction of sp³-hybridized carbons (Fsp3) is 0.364. The van der Waals surface area contributed by atoms with E-state index in [1.807, 2.05) is 50.2 Å². The zero-order valence-corrected chi connectivity index (χ0v) is 18.7. The second-order valence-corrected chi connectivity index (χ2v) is 8.80. The maximum Gasteiger partial charge on any atom is 0.237 e. The van der Waals surface area contributed by atoms with Crippen LogP contribution in [0.3, 0.4) is 0 Å². The van der Waals surface area contributed by atoms with Gasteiger partial charge in [0.15, 0.2) is 0 Å². The fourth-order valence-corrected chi connectivity index (χ4v) is 4.20. The fourth-order valence-electron chi connectivity index (χ4n) is 3.40. The lowest BCUT2D eigenvalue weighted by molar-refractivity contribution is -0.115. The molecule has 1 N–H and O–H groups in total. The van der Waals surface area contributed by atoms with E-state index >= 15 is 0 Å². The number of carbonyl (C=O) groups is 1. The molecular formula is C22H26N6O2S. The predicted octanol–water partition coefficient (Wildman–Crippen LogP) is 3.24. The molecule has 2 heterocycles. The quantitative estimate of drug-likeness (QED) is 0.592. The first-order valence-corrected chi connectivity index (χ1v) is 11.2. The zero-order valence-electron chi connectivity index (χ0n) is 17.9. The predicted molar refractivity (Wildman–Crippen MR) is 122 cm³/mol. The SMILES string of the molecule is Cc1cccc(-n2nnnc2SC(C)C(=O)Nc2ccc(N3CCOCC3)cc2)c1C. The lowest BCUT2D eigenvalue weighted by atomic mass is 10.1. The molecule has 8 nitrogen and oxygen atoms in total. The smallest absolute Gasteiger partial charge is 0.237 e. The van der Waals surface area contributed by atoms with Crippen LogP contribution in [0.4, 0.5) is 11.4 Å². The lowest BCUT2D eigenvalue weighted by Crippen LogP contribution is -2.36. The number of benzene rings is 2. The van der Waals surface area contributed by atoms with Gasteiger partial charge in [-0.2, -0.15) is 4.68 Å². The molecule has 2 aromatic carbocycles. The molecule has 1 aromatic heterocycles. The third-order valence-electron chi connectivity index (χ3n) is 5.41. The van der Waals surface area contributed by atoms with Crippen LogP contribution in [0.5, 0.6) is 0 Å². The van der Waals surface area contributed by atoms with Crippen molar-refractivity contribution in [1.82, 2.24) is 20.2 Å². The molecular weight excluding hydrogens is 412 g/mol. The highest BCUT2D eigenvalue weighted by Crippen LogP contribution is 2.26. The van der Waals surface area contributed by atoms with E-state index in [0.29, 0.717) is 5.16 Å². The first-order valence-electron chi connectivity index (χ1n) is 10.3. The van der Waals surface area contributed by atoms with Gasteiger partial charge < -0.3 is 15.0 Å². The van der Waals surface area contributed by atoms with Crippen molar-refractivity contribution >= 4 is 29.0 Å². The molecule has 9 heteroatoms. The number of tetrazole rings is 1. The summed E-state index contributed by atoms with van der Waals surface area (Å²) in [5.74, 6) is -0.0976. The Bertz CT molecular complexity index is 1050. The number of anilines is 2. The van der Waals surface area contributed by atoms with Crippen LogP contribution in [-0.2, 0) is 9.53 Å². The largest absolute Gasteiger partial charge is 0.378 e. The van der Waals surface area contributed by atoms with Crippen molar-refractivity contribution in [2.45, 2.75) is 31.2 Å². The molecule has 1 fully saturated rings. The Morgan fingerprint density at radius 1 is 1.13 bits per heavy atom. The minimum atomic E-state index is -0.367. The van der Waals surface area contributed by atoms with E-state index in [1.165, 1.54) is 11.8 Å². The van der Waals surface area contributed by atoms with Crippen molar-refractivity contribution in [2.24, 2.45) is 0 Å². The Labute approximate surface area is 186 Å². The standard InChI is InChI=1S/C22H26N6O2S/c1-15-5-4-6-20(16(15)2)28-22(24-25-26-28)31-17(3)21(29)23-18-7-9-19(10-8-18)27-11-13-30-14-12-27/h4-10,17H,11-14H2,1-3H3,(H,23,29). The van der Waals surface area contributed by atoms with Crippen LogP contribution in [0.25, 0.3) is 5.69 Å². The van der Waals surface area contributed by atoms with E-state index in [-0.39, 0.29) is 11.2 Å². The average molecular weight is 439 g/mol. The number of amides is 1. The first kappa shape index (κ1) is 21.3. The third kappa shape index (κ3) is 4.88. The van der Waals surface area contributed by atoms with Gasteiger partial charge in [-0.05, 0) is 72.7 Å². The highest BCUT2D eigenvalue weighted by Gasteiger charge is 2.20. The highest BCUT2D eigenvalue weighted by molar-refractivity contribution is 8.00.